The summed E-state index contributed by atoms with van der Waals surface area (Å²) < 4.78 is 34.7. The molecular formula is C20H29F2N5O3. The monoisotopic (exact) mass is 425 g/mol. The van der Waals surface area contributed by atoms with E-state index < -0.39 is 5.92 Å². The first kappa shape index (κ1) is 21.0. The Hall–Kier alpha value is -2.23. The average molecular weight is 425 g/mol. The SMILES string of the molecule is Cn1cc(CC2CCN(C(=O)N3CC[C@@H]4OCC(=O)N[C@@H]4C3)CC2)c(C(C)(F)F)n1. The van der Waals surface area contributed by atoms with Crippen LogP contribution in [0.1, 0.15) is 37.4 Å². The number of nitrogens with one attached hydrogen (secondary N) is 1. The third kappa shape index (κ3) is 4.43. The van der Waals surface area contributed by atoms with Crippen LogP contribution in [0.25, 0.3) is 0 Å². The standard InChI is InChI=1S/C20H29F2N5O3/c1-20(21,22)18-14(10-25(2)24-18)9-13-3-6-26(7-4-13)19(29)27-8-5-16-15(11-27)23-17(28)12-30-16/h10,13,15-16H,3-9,11-12H2,1-2H3,(H,23,28)/t15-,16+/m1/s1. The Morgan fingerprint density at radius 1 is 1.27 bits per heavy atom. The van der Waals surface area contributed by atoms with E-state index >= 15 is 0 Å². The van der Waals surface area contributed by atoms with Gasteiger partial charge in [0.1, 0.15) is 12.3 Å². The molecule has 0 aliphatic carbocycles. The second-order valence-corrected chi connectivity index (χ2v) is 8.74. The summed E-state index contributed by atoms with van der Waals surface area (Å²) in [5.74, 6) is -2.85. The molecule has 4 rings (SSSR count). The van der Waals surface area contributed by atoms with Gasteiger partial charge in [-0.15, -0.1) is 0 Å². The molecule has 1 N–H and O–H groups in total. The number of amides is 3. The number of morpholine rings is 1. The fraction of sp³-hybridized carbons (Fsp3) is 0.750. The number of nitrogens with zero attached hydrogens (tertiary/aromatic N) is 4. The van der Waals surface area contributed by atoms with Crippen LogP contribution in [0.3, 0.4) is 0 Å². The number of rotatable bonds is 3. The Morgan fingerprint density at radius 2 is 1.97 bits per heavy atom. The molecule has 2 atom stereocenters. The van der Waals surface area contributed by atoms with Gasteiger partial charge >= 0.3 is 6.03 Å². The first-order valence-electron chi connectivity index (χ1n) is 10.6. The molecule has 1 aromatic rings. The second-order valence-electron chi connectivity index (χ2n) is 8.74. The molecule has 0 radical (unpaired) electrons. The van der Waals surface area contributed by atoms with Crippen molar-refractivity contribution in [1.29, 1.82) is 0 Å². The van der Waals surface area contributed by atoms with Crippen molar-refractivity contribution >= 4 is 11.9 Å². The number of fused-ring (bicyclic) bond motifs is 1. The van der Waals surface area contributed by atoms with E-state index in [0.717, 1.165) is 19.8 Å². The minimum Gasteiger partial charge on any atom is -0.366 e. The number of hydrogen-bond acceptors (Lipinski definition) is 4. The van der Waals surface area contributed by atoms with Gasteiger partial charge in [-0.1, -0.05) is 0 Å². The van der Waals surface area contributed by atoms with Crippen molar-refractivity contribution in [2.24, 2.45) is 13.0 Å². The number of aromatic nitrogens is 2. The molecule has 1 aromatic heterocycles. The topological polar surface area (TPSA) is 79.7 Å². The van der Waals surface area contributed by atoms with E-state index in [1.165, 1.54) is 4.68 Å². The first-order valence-corrected chi connectivity index (χ1v) is 10.6. The lowest BCUT2D eigenvalue weighted by molar-refractivity contribution is -0.139. The fourth-order valence-electron chi connectivity index (χ4n) is 4.77. The second kappa shape index (κ2) is 8.13. The molecule has 166 valence electrons. The van der Waals surface area contributed by atoms with Gasteiger partial charge in [0.25, 0.3) is 5.92 Å². The van der Waals surface area contributed by atoms with Crippen LogP contribution < -0.4 is 5.32 Å². The van der Waals surface area contributed by atoms with Crippen LogP contribution in [-0.4, -0.2) is 76.5 Å². The highest BCUT2D eigenvalue weighted by Crippen LogP contribution is 2.32. The van der Waals surface area contributed by atoms with Gasteiger partial charge < -0.3 is 19.9 Å². The van der Waals surface area contributed by atoms with E-state index in [2.05, 4.69) is 10.4 Å². The number of urea groups is 1. The van der Waals surface area contributed by atoms with Gasteiger partial charge in [-0.2, -0.15) is 13.9 Å². The van der Waals surface area contributed by atoms with Crippen LogP contribution >= 0.6 is 0 Å². The molecule has 3 aliphatic rings. The zero-order chi connectivity index (χ0) is 21.5. The van der Waals surface area contributed by atoms with E-state index in [0.29, 0.717) is 44.6 Å². The molecule has 3 amide bonds. The molecule has 30 heavy (non-hydrogen) atoms. The van der Waals surface area contributed by atoms with Gasteiger partial charge in [0.2, 0.25) is 5.91 Å². The normalized spacial score (nSPS) is 25.8. The lowest BCUT2D eigenvalue weighted by Gasteiger charge is -2.43. The number of ether oxygens (including phenoxy) is 1. The summed E-state index contributed by atoms with van der Waals surface area (Å²) in [7, 11) is 1.66. The van der Waals surface area contributed by atoms with Crippen LogP contribution in [0.2, 0.25) is 0 Å². The third-order valence-corrected chi connectivity index (χ3v) is 6.31. The van der Waals surface area contributed by atoms with Crippen molar-refractivity contribution < 1.29 is 23.1 Å². The highest BCUT2D eigenvalue weighted by molar-refractivity contribution is 5.79. The number of likely N-dealkylation sites (tertiary alicyclic amines) is 2. The molecule has 0 unspecified atom stereocenters. The van der Waals surface area contributed by atoms with Crippen molar-refractivity contribution in [3.63, 3.8) is 0 Å². The molecule has 8 nitrogen and oxygen atoms in total. The van der Waals surface area contributed by atoms with Gasteiger partial charge in [-0.05, 0) is 37.2 Å². The van der Waals surface area contributed by atoms with Gasteiger partial charge in [0.05, 0.1) is 12.1 Å². The molecule has 10 heteroatoms. The first-order chi connectivity index (χ1) is 14.2. The predicted molar refractivity (Wildman–Crippen MR) is 104 cm³/mol. The number of piperidine rings is 2. The number of halogens is 2. The lowest BCUT2D eigenvalue weighted by atomic mass is 9.89. The number of carbonyl (C=O) groups excluding carboxylic acids is 2. The minimum atomic E-state index is -2.96. The minimum absolute atomic E-state index is 0.0196. The highest BCUT2D eigenvalue weighted by atomic mass is 19.3. The van der Waals surface area contributed by atoms with Crippen molar-refractivity contribution in [2.75, 3.05) is 32.8 Å². The lowest BCUT2D eigenvalue weighted by Crippen LogP contribution is -2.62. The Labute approximate surface area is 174 Å². The zero-order valence-corrected chi connectivity index (χ0v) is 17.4. The summed E-state index contributed by atoms with van der Waals surface area (Å²) in [6, 6.07) is -0.171. The Morgan fingerprint density at radius 3 is 2.67 bits per heavy atom. The molecule has 0 saturated carbocycles. The van der Waals surface area contributed by atoms with Crippen LogP contribution in [0.5, 0.6) is 0 Å². The predicted octanol–water partition coefficient (Wildman–Crippen LogP) is 1.50. The maximum absolute atomic E-state index is 13.8. The summed E-state index contributed by atoms with van der Waals surface area (Å²) in [6.45, 7) is 3.25. The average Bonchev–Trinajstić information content (AvgIpc) is 3.08. The molecule has 0 spiro atoms. The summed E-state index contributed by atoms with van der Waals surface area (Å²) in [6.07, 6.45) is 4.45. The van der Waals surface area contributed by atoms with Crippen molar-refractivity contribution in [2.45, 2.75) is 50.7 Å². The van der Waals surface area contributed by atoms with Gasteiger partial charge in [-0.25, -0.2) is 4.79 Å². The molecule has 3 fully saturated rings. The van der Waals surface area contributed by atoms with Crippen LogP contribution in [0.4, 0.5) is 13.6 Å². The van der Waals surface area contributed by atoms with E-state index in [1.807, 2.05) is 4.90 Å². The van der Waals surface area contributed by atoms with E-state index in [9.17, 15) is 18.4 Å². The molecule has 3 saturated heterocycles. The zero-order valence-electron chi connectivity index (χ0n) is 17.4. The smallest absolute Gasteiger partial charge is 0.320 e. The number of aryl methyl sites for hydroxylation is 1. The van der Waals surface area contributed by atoms with Crippen molar-refractivity contribution in [3.05, 3.63) is 17.5 Å². The number of alkyl halides is 2. The van der Waals surface area contributed by atoms with E-state index in [4.69, 9.17) is 4.74 Å². The van der Waals surface area contributed by atoms with E-state index in [1.54, 1.807) is 18.1 Å². The van der Waals surface area contributed by atoms with Crippen molar-refractivity contribution in [3.8, 4) is 0 Å². The molecular weight excluding hydrogens is 396 g/mol. The van der Waals surface area contributed by atoms with Gasteiger partial charge in [0, 0.05) is 46.3 Å². The quantitative estimate of drug-likeness (QED) is 0.796. The molecule has 4 heterocycles. The largest absolute Gasteiger partial charge is 0.366 e. The Balaban J connectivity index is 1.31. The summed E-state index contributed by atoms with van der Waals surface area (Å²) in [5, 5.41) is 6.86. The Bertz CT molecular complexity index is 801. The molecule has 0 aromatic carbocycles. The maximum atomic E-state index is 13.8. The maximum Gasteiger partial charge on any atom is 0.320 e. The Kier molecular flexibility index (Phi) is 5.69. The van der Waals surface area contributed by atoms with E-state index in [-0.39, 0.29) is 42.3 Å². The van der Waals surface area contributed by atoms with Gasteiger partial charge in [-0.3, -0.25) is 9.48 Å². The molecule has 0 bridgehead atoms. The van der Waals surface area contributed by atoms with Crippen molar-refractivity contribution in [1.82, 2.24) is 24.9 Å². The molecule has 3 aliphatic heterocycles. The van der Waals surface area contributed by atoms with Crippen LogP contribution in [-0.2, 0) is 28.9 Å². The number of carbonyl (C=O) groups is 2. The summed E-state index contributed by atoms with van der Waals surface area (Å²) >= 11 is 0. The highest BCUT2D eigenvalue weighted by Gasteiger charge is 2.38. The third-order valence-electron chi connectivity index (χ3n) is 6.31. The number of hydrogen-bond donors (Lipinski definition) is 1. The van der Waals surface area contributed by atoms with Crippen LogP contribution in [0, 0.1) is 5.92 Å². The summed E-state index contributed by atoms with van der Waals surface area (Å²) in [4.78, 5) is 28.1. The summed E-state index contributed by atoms with van der Waals surface area (Å²) in [5.41, 5.74) is 0.438. The fourth-order valence-corrected chi connectivity index (χ4v) is 4.77. The van der Waals surface area contributed by atoms with Crippen LogP contribution in [0.15, 0.2) is 6.20 Å². The van der Waals surface area contributed by atoms with Gasteiger partial charge in [0.15, 0.2) is 0 Å².